The first kappa shape index (κ1) is 26.7. The highest BCUT2D eigenvalue weighted by atomic mass is 16.7. The lowest BCUT2D eigenvalue weighted by atomic mass is 9.48. The number of hydrogen-bond donors (Lipinski definition) is 1. The molecule has 0 radical (unpaired) electrons. The zero-order chi connectivity index (χ0) is 28.4. The number of allylic oxidation sites excluding steroid dienone is 6. The van der Waals surface area contributed by atoms with E-state index in [0.717, 1.165) is 44.2 Å². The number of hydrogen-bond acceptors (Lipinski definition) is 7. The number of rotatable bonds is 6. The highest BCUT2D eigenvalue weighted by Gasteiger charge is 2.74. The number of benzene rings is 1. The number of carbonyl (C=O) groups is 2. The molecule has 6 aliphatic rings. The Kier molecular flexibility index (Phi) is 6.32. The van der Waals surface area contributed by atoms with Crippen LogP contribution >= 0.6 is 0 Å². The number of carbonyl (C=O) groups excluding carboxylic acids is 2. The summed E-state index contributed by atoms with van der Waals surface area (Å²) in [5, 5.41) is 12.1. The maximum atomic E-state index is 13.1. The Hall–Kier alpha value is -3.16. The van der Waals surface area contributed by atoms with Gasteiger partial charge < -0.3 is 24.2 Å². The van der Waals surface area contributed by atoms with E-state index < -0.39 is 23.3 Å². The van der Waals surface area contributed by atoms with Gasteiger partial charge in [0, 0.05) is 24.5 Å². The lowest BCUT2D eigenvalue weighted by molar-refractivity contribution is -0.202. The summed E-state index contributed by atoms with van der Waals surface area (Å²) in [6.45, 7) is 3.30. The second-order valence-electron chi connectivity index (χ2n) is 13.1. The van der Waals surface area contributed by atoms with Gasteiger partial charge in [0.1, 0.15) is 0 Å². The van der Waals surface area contributed by atoms with Crippen LogP contribution in [0.5, 0.6) is 0 Å². The van der Waals surface area contributed by atoms with E-state index in [1.54, 1.807) is 0 Å². The fraction of sp³-hybridized carbons (Fsp3) is 0.529. The first-order valence-corrected chi connectivity index (χ1v) is 15.1. The van der Waals surface area contributed by atoms with Crippen molar-refractivity contribution in [1.82, 2.24) is 4.90 Å². The number of nitrogens with zero attached hydrogens (tertiary/aromatic N) is 1. The lowest BCUT2D eigenvalue weighted by Crippen LogP contribution is -2.73. The van der Waals surface area contributed by atoms with Crippen LogP contribution in [-0.4, -0.2) is 59.9 Å². The van der Waals surface area contributed by atoms with Gasteiger partial charge in [-0.3, -0.25) is 4.79 Å². The van der Waals surface area contributed by atoms with Gasteiger partial charge in [0.15, 0.2) is 23.4 Å². The van der Waals surface area contributed by atoms with Gasteiger partial charge in [-0.15, -0.1) is 0 Å². The zero-order valence-corrected chi connectivity index (χ0v) is 24.0. The normalized spacial score (nSPS) is 35.6. The highest BCUT2D eigenvalue weighted by molar-refractivity contribution is 5.88. The third kappa shape index (κ3) is 4.07. The molecule has 5 unspecified atom stereocenters. The van der Waals surface area contributed by atoms with Crippen molar-refractivity contribution in [3.05, 3.63) is 76.8 Å². The molecule has 1 spiro atoms. The molecule has 1 aromatic carbocycles. The summed E-state index contributed by atoms with van der Waals surface area (Å²) < 4.78 is 17.6. The van der Waals surface area contributed by atoms with E-state index in [1.807, 2.05) is 6.07 Å². The molecule has 2 heterocycles. The molecule has 7 heteroatoms. The number of aliphatic hydroxyl groups is 1. The van der Waals surface area contributed by atoms with E-state index in [2.05, 4.69) is 61.4 Å². The maximum Gasteiger partial charge on any atom is 0.513 e. The minimum absolute atomic E-state index is 0.0198. The Bertz CT molecular complexity index is 1410. The molecule has 1 N–H and O–H groups in total. The predicted octanol–water partition coefficient (Wildman–Crippen LogP) is 5.86. The third-order valence-electron chi connectivity index (χ3n) is 10.7. The van der Waals surface area contributed by atoms with Gasteiger partial charge in [-0.05, 0) is 75.1 Å². The molecule has 7 rings (SSSR count). The van der Waals surface area contributed by atoms with Gasteiger partial charge >= 0.3 is 6.16 Å². The summed E-state index contributed by atoms with van der Waals surface area (Å²) >= 11 is 0. The molecule has 41 heavy (non-hydrogen) atoms. The van der Waals surface area contributed by atoms with Crippen molar-refractivity contribution in [3.8, 4) is 0 Å². The fourth-order valence-corrected chi connectivity index (χ4v) is 8.48. The maximum absolute atomic E-state index is 13.1. The van der Waals surface area contributed by atoms with Gasteiger partial charge in [0.05, 0.1) is 17.6 Å². The molecule has 2 saturated heterocycles. The molecule has 216 valence electrons. The van der Waals surface area contributed by atoms with Crippen LogP contribution in [0.25, 0.3) is 5.57 Å². The predicted molar refractivity (Wildman–Crippen MR) is 153 cm³/mol. The molecule has 1 saturated carbocycles. The summed E-state index contributed by atoms with van der Waals surface area (Å²) in [6, 6.07) is 10.4. The van der Waals surface area contributed by atoms with Crippen molar-refractivity contribution in [1.29, 1.82) is 0 Å². The minimum atomic E-state index is -1.02. The summed E-state index contributed by atoms with van der Waals surface area (Å²) in [7, 11) is 2.07. The Labute approximate surface area is 241 Å². The second kappa shape index (κ2) is 9.70. The summed E-state index contributed by atoms with van der Waals surface area (Å²) in [5.74, 6) is 0.975. The number of ketones is 1. The van der Waals surface area contributed by atoms with Crippen LogP contribution in [-0.2, 0) is 19.0 Å². The van der Waals surface area contributed by atoms with Crippen molar-refractivity contribution in [2.75, 3.05) is 20.2 Å². The number of Topliss-reactive ketones (excluding diaryl/α,β-unsaturated/α-hetero) is 1. The van der Waals surface area contributed by atoms with Crippen LogP contribution in [0.15, 0.2) is 71.2 Å². The molecule has 4 aliphatic carbocycles. The van der Waals surface area contributed by atoms with Gasteiger partial charge in [-0.2, -0.15) is 0 Å². The molecule has 1 aromatic rings. The van der Waals surface area contributed by atoms with E-state index >= 15 is 0 Å². The Morgan fingerprint density at radius 2 is 2.00 bits per heavy atom. The smallest absolute Gasteiger partial charge is 0.478 e. The molecule has 2 aliphatic heterocycles. The van der Waals surface area contributed by atoms with Gasteiger partial charge in [-0.1, -0.05) is 61.1 Å². The lowest BCUT2D eigenvalue weighted by Gasteiger charge is -2.62. The van der Waals surface area contributed by atoms with Crippen LogP contribution in [0, 0.1) is 10.8 Å². The first-order chi connectivity index (χ1) is 19.7. The van der Waals surface area contributed by atoms with E-state index in [1.165, 1.54) is 16.7 Å². The molecule has 5 atom stereocenters. The topological polar surface area (TPSA) is 85.3 Å². The van der Waals surface area contributed by atoms with Crippen molar-refractivity contribution >= 4 is 17.5 Å². The average molecular weight is 558 g/mol. The van der Waals surface area contributed by atoms with Crippen LogP contribution < -0.4 is 0 Å². The molecular formula is C34H39NO6. The molecule has 0 amide bonds. The monoisotopic (exact) mass is 557 g/mol. The standard InChI is InChI=1S/C34H39NO6/c1-32(15-11-23(12-16-32)22-7-4-3-5-8-22)14-6-20-39-31(37)40-26-10-9-24-21-27-34(38)17-13-25(36)30-33(34,18-19-35(27)2)28(24)29(26)41-30/h3-5,7-8,11-12,15,27,30,38H,6,9-10,13-14,16-21H2,1-2H3. The summed E-state index contributed by atoms with van der Waals surface area (Å²) in [5.41, 5.74) is 2.88. The SMILES string of the molecule is CN1CCC23C4=C5CCC(OC(=O)OCCCC6(C)C=CC(c7ccccc7)=CC6)=C4OC2C(=O)CCC3(O)C1C5. The van der Waals surface area contributed by atoms with Crippen molar-refractivity contribution in [2.24, 2.45) is 10.8 Å². The summed E-state index contributed by atoms with van der Waals surface area (Å²) in [6.07, 6.45) is 11.3. The fourth-order valence-electron chi connectivity index (χ4n) is 8.48. The van der Waals surface area contributed by atoms with Gasteiger partial charge in [-0.25, -0.2) is 4.79 Å². The number of ether oxygens (including phenoxy) is 3. The molecule has 2 bridgehead atoms. The number of piperidine rings is 1. The Morgan fingerprint density at radius 1 is 1.17 bits per heavy atom. The van der Waals surface area contributed by atoms with Crippen LogP contribution in [0.4, 0.5) is 4.79 Å². The van der Waals surface area contributed by atoms with E-state index in [0.29, 0.717) is 37.2 Å². The quantitative estimate of drug-likeness (QED) is 0.346. The van der Waals surface area contributed by atoms with Crippen LogP contribution in [0.2, 0.25) is 0 Å². The average Bonchev–Trinajstić information content (AvgIpc) is 3.33. The van der Waals surface area contributed by atoms with Crippen molar-refractivity contribution in [2.45, 2.75) is 82.5 Å². The molecule has 3 fully saturated rings. The van der Waals surface area contributed by atoms with E-state index in [4.69, 9.17) is 14.2 Å². The Balaban J connectivity index is 1.00. The van der Waals surface area contributed by atoms with Crippen LogP contribution in [0.1, 0.15) is 70.3 Å². The van der Waals surface area contributed by atoms with Gasteiger partial charge in [0.25, 0.3) is 0 Å². The second-order valence-corrected chi connectivity index (χ2v) is 13.1. The number of likely N-dealkylation sites (tertiary alicyclic amines) is 1. The minimum Gasteiger partial charge on any atom is -0.478 e. The third-order valence-corrected chi connectivity index (χ3v) is 10.7. The van der Waals surface area contributed by atoms with E-state index in [9.17, 15) is 14.7 Å². The molecule has 7 nitrogen and oxygen atoms in total. The first-order valence-electron chi connectivity index (χ1n) is 15.1. The largest absolute Gasteiger partial charge is 0.513 e. The van der Waals surface area contributed by atoms with Crippen LogP contribution in [0.3, 0.4) is 0 Å². The highest BCUT2D eigenvalue weighted by Crippen LogP contribution is 2.67. The van der Waals surface area contributed by atoms with Crippen molar-refractivity contribution < 1.29 is 28.9 Å². The van der Waals surface area contributed by atoms with E-state index in [-0.39, 0.29) is 23.8 Å². The summed E-state index contributed by atoms with van der Waals surface area (Å²) in [4.78, 5) is 28.2. The van der Waals surface area contributed by atoms with Crippen molar-refractivity contribution in [3.63, 3.8) is 0 Å². The molecule has 0 aromatic heterocycles. The number of likely N-dealkylation sites (N-methyl/N-ethyl adjacent to an activating group) is 1. The zero-order valence-electron chi connectivity index (χ0n) is 24.0. The molecular weight excluding hydrogens is 518 g/mol. The Morgan fingerprint density at radius 3 is 2.78 bits per heavy atom. The van der Waals surface area contributed by atoms with Gasteiger partial charge in [0.2, 0.25) is 0 Å².